The number of thiazole rings is 1. The fraction of sp³-hybridized carbons (Fsp3) is 0.800. The van der Waals surface area contributed by atoms with Crippen molar-refractivity contribution in [1.82, 2.24) is 4.98 Å². The third-order valence-electron chi connectivity index (χ3n) is 4.80. The minimum Gasteiger partial charge on any atom is -0.392 e. The lowest BCUT2D eigenvalue weighted by atomic mass is 9.60. The molecule has 0 aromatic carbocycles. The molecule has 19 heavy (non-hydrogen) atoms. The fourth-order valence-corrected chi connectivity index (χ4v) is 4.47. The minimum atomic E-state index is -0.344. The summed E-state index contributed by atoms with van der Waals surface area (Å²) in [6.07, 6.45) is 3.69. The van der Waals surface area contributed by atoms with Gasteiger partial charge in [-0.05, 0) is 32.1 Å². The summed E-state index contributed by atoms with van der Waals surface area (Å²) in [5, 5.41) is 11.9. The Kier molecular flexibility index (Phi) is 4.05. The minimum absolute atomic E-state index is 0.0427. The molecule has 2 unspecified atom stereocenters. The summed E-state index contributed by atoms with van der Waals surface area (Å²) >= 11 is 1.75. The summed E-state index contributed by atoms with van der Waals surface area (Å²) in [6, 6.07) is 0. The fourth-order valence-electron chi connectivity index (χ4n) is 3.39. The van der Waals surface area contributed by atoms with Gasteiger partial charge in [0.2, 0.25) is 0 Å². The molecule has 3 N–H and O–H groups in total. The topological polar surface area (TPSA) is 59.1 Å². The van der Waals surface area contributed by atoms with Crippen LogP contribution in [0.15, 0.2) is 0 Å². The second-order valence-electron chi connectivity index (χ2n) is 6.74. The zero-order valence-electron chi connectivity index (χ0n) is 12.5. The standard InChI is InChI=1S/C15H26N2OS/c1-10-11(2)19-12(17-10)8-15(9-16)7-5-6-14(3,4)13(15)18/h13,18H,5-9,16H2,1-4H3. The predicted octanol–water partition coefficient (Wildman–Crippen LogP) is 2.82. The van der Waals surface area contributed by atoms with Gasteiger partial charge >= 0.3 is 0 Å². The third-order valence-corrected chi connectivity index (χ3v) is 5.87. The number of aliphatic hydroxyl groups excluding tert-OH is 1. The lowest BCUT2D eigenvalue weighted by molar-refractivity contribution is -0.0885. The molecule has 1 aliphatic carbocycles. The van der Waals surface area contributed by atoms with E-state index in [9.17, 15) is 5.11 Å². The molecule has 108 valence electrons. The van der Waals surface area contributed by atoms with Crippen LogP contribution in [0, 0.1) is 24.7 Å². The Hall–Kier alpha value is -0.450. The number of aliphatic hydroxyl groups is 1. The van der Waals surface area contributed by atoms with E-state index in [-0.39, 0.29) is 16.9 Å². The Morgan fingerprint density at radius 1 is 1.37 bits per heavy atom. The van der Waals surface area contributed by atoms with Gasteiger partial charge in [-0.25, -0.2) is 4.98 Å². The van der Waals surface area contributed by atoms with Crippen molar-refractivity contribution >= 4 is 11.3 Å². The van der Waals surface area contributed by atoms with Crippen molar-refractivity contribution in [3.63, 3.8) is 0 Å². The number of hydrogen-bond donors (Lipinski definition) is 2. The number of aryl methyl sites for hydroxylation is 2. The molecular formula is C15H26N2OS. The van der Waals surface area contributed by atoms with E-state index in [0.717, 1.165) is 36.4 Å². The van der Waals surface area contributed by atoms with Crippen LogP contribution in [0.3, 0.4) is 0 Å². The Bertz CT molecular complexity index is 435. The van der Waals surface area contributed by atoms with Crippen molar-refractivity contribution in [3.8, 4) is 0 Å². The summed E-state index contributed by atoms with van der Waals surface area (Å²) < 4.78 is 0. The Morgan fingerprint density at radius 2 is 2.05 bits per heavy atom. The van der Waals surface area contributed by atoms with Crippen LogP contribution in [0.25, 0.3) is 0 Å². The SMILES string of the molecule is Cc1nc(CC2(CN)CCCC(C)(C)C2O)sc1C. The van der Waals surface area contributed by atoms with Gasteiger partial charge in [0.1, 0.15) is 0 Å². The van der Waals surface area contributed by atoms with Crippen LogP contribution >= 0.6 is 11.3 Å². The van der Waals surface area contributed by atoms with Crippen LogP contribution in [0.2, 0.25) is 0 Å². The highest BCUT2D eigenvalue weighted by Gasteiger charge is 2.48. The molecule has 0 aliphatic heterocycles. The molecule has 1 aromatic rings. The average Bonchev–Trinajstić information content (AvgIpc) is 2.64. The van der Waals surface area contributed by atoms with Gasteiger partial charge in [-0.15, -0.1) is 11.3 Å². The van der Waals surface area contributed by atoms with Gasteiger partial charge in [0, 0.05) is 23.3 Å². The second-order valence-corrected chi connectivity index (χ2v) is 8.02. The van der Waals surface area contributed by atoms with Gasteiger partial charge in [0.25, 0.3) is 0 Å². The second kappa shape index (κ2) is 5.15. The maximum absolute atomic E-state index is 10.8. The Labute approximate surface area is 120 Å². The van der Waals surface area contributed by atoms with E-state index in [4.69, 9.17) is 5.73 Å². The van der Waals surface area contributed by atoms with E-state index >= 15 is 0 Å². The highest BCUT2D eigenvalue weighted by molar-refractivity contribution is 7.11. The largest absolute Gasteiger partial charge is 0.392 e. The summed E-state index contributed by atoms with van der Waals surface area (Å²) in [6.45, 7) is 8.99. The molecule has 4 heteroatoms. The van der Waals surface area contributed by atoms with E-state index in [1.54, 1.807) is 11.3 Å². The highest BCUT2D eigenvalue weighted by atomic mass is 32.1. The summed E-state index contributed by atoms with van der Waals surface area (Å²) in [5.74, 6) is 0. The summed E-state index contributed by atoms with van der Waals surface area (Å²) in [5.41, 5.74) is 6.93. The summed E-state index contributed by atoms with van der Waals surface area (Å²) in [7, 11) is 0. The smallest absolute Gasteiger partial charge is 0.0937 e. The van der Waals surface area contributed by atoms with Gasteiger partial charge < -0.3 is 10.8 Å². The maximum Gasteiger partial charge on any atom is 0.0937 e. The Morgan fingerprint density at radius 3 is 2.58 bits per heavy atom. The van der Waals surface area contributed by atoms with Crippen molar-refractivity contribution < 1.29 is 5.11 Å². The zero-order valence-corrected chi connectivity index (χ0v) is 13.3. The Balaban J connectivity index is 2.27. The molecule has 2 rings (SSSR count). The lowest BCUT2D eigenvalue weighted by Crippen LogP contribution is -2.53. The number of nitrogens with zero attached hydrogens (tertiary/aromatic N) is 1. The quantitative estimate of drug-likeness (QED) is 0.896. The molecule has 0 amide bonds. The average molecular weight is 282 g/mol. The van der Waals surface area contributed by atoms with E-state index in [2.05, 4.69) is 25.8 Å². The first kappa shape index (κ1) is 14.9. The molecule has 1 aromatic heterocycles. The highest BCUT2D eigenvalue weighted by Crippen LogP contribution is 2.47. The molecule has 1 aliphatic rings. The van der Waals surface area contributed by atoms with Gasteiger partial charge in [-0.1, -0.05) is 20.3 Å². The molecule has 1 fully saturated rings. The first-order valence-electron chi connectivity index (χ1n) is 7.12. The normalized spacial score (nSPS) is 30.5. The molecule has 0 spiro atoms. The van der Waals surface area contributed by atoms with Gasteiger partial charge in [-0.2, -0.15) is 0 Å². The molecule has 0 radical (unpaired) electrons. The van der Waals surface area contributed by atoms with Gasteiger partial charge in [-0.3, -0.25) is 0 Å². The van der Waals surface area contributed by atoms with Gasteiger partial charge in [0.05, 0.1) is 16.8 Å². The van der Waals surface area contributed by atoms with Crippen molar-refractivity contribution in [1.29, 1.82) is 0 Å². The van der Waals surface area contributed by atoms with E-state index < -0.39 is 0 Å². The molecular weight excluding hydrogens is 256 g/mol. The van der Waals surface area contributed by atoms with Crippen LogP contribution in [0.4, 0.5) is 0 Å². The van der Waals surface area contributed by atoms with Crippen LogP contribution in [0.1, 0.15) is 48.7 Å². The van der Waals surface area contributed by atoms with E-state index in [1.165, 1.54) is 4.88 Å². The van der Waals surface area contributed by atoms with E-state index in [1.807, 2.05) is 6.92 Å². The van der Waals surface area contributed by atoms with Crippen molar-refractivity contribution in [2.75, 3.05) is 6.54 Å². The third kappa shape index (κ3) is 2.71. The monoisotopic (exact) mass is 282 g/mol. The van der Waals surface area contributed by atoms with Crippen LogP contribution in [0.5, 0.6) is 0 Å². The first-order chi connectivity index (χ1) is 8.81. The van der Waals surface area contributed by atoms with Crippen LogP contribution < -0.4 is 5.73 Å². The van der Waals surface area contributed by atoms with Crippen molar-refractivity contribution in [2.24, 2.45) is 16.6 Å². The number of rotatable bonds is 3. The van der Waals surface area contributed by atoms with Crippen molar-refractivity contribution in [2.45, 2.75) is 59.5 Å². The summed E-state index contributed by atoms with van der Waals surface area (Å²) in [4.78, 5) is 5.90. The number of hydrogen-bond acceptors (Lipinski definition) is 4. The van der Waals surface area contributed by atoms with E-state index in [0.29, 0.717) is 6.54 Å². The molecule has 0 bridgehead atoms. The predicted molar refractivity (Wildman–Crippen MR) is 80.4 cm³/mol. The molecule has 2 atom stereocenters. The van der Waals surface area contributed by atoms with Crippen LogP contribution in [-0.2, 0) is 6.42 Å². The molecule has 0 saturated heterocycles. The molecule has 3 nitrogen and oxygen atoms in total. The number of nitrogens with two attached hydrogens (primary N) is 1. The first-order valence-corrected chi connectivity index (χ1v) is 7.93. The zero-order chi connectivity index (χ0) is 14.3. The van der Waals surface area contributed by atoms with Crippen molar-refractivity contribution in [3.05, 3.63) is 15.6 Å². The maximum atomic E-state index is 10.8. The molecule has 1 saturated carbocycles. The molecule has 1 heterocycles. The van der Waals surface area contributed by atoms with Crippen LogP contribution in [-0.4, -0.2) is 22.7 Å². The van der Waals surface area contributed by atoms with Gasteiger partial charge in [0.15, 0.2) is 0 Å². The lowest BCUT2D eigenvalue weighted by Gasteiger charge is -2.49. The number of aromatic nitrogens is 1.